The van der Waals surface area contributed by atoms with Crippen LogP contribution in [0.5, 0.6) is 0 Å². The summed E-state index contributed by atoms with van der Waals surface area (Å²) in [6, 6.07) is 5.37. The van der Waals surface area contributed by atoms with E-state index < -0.39 is 20.0 Å². The quantitative estimate of drug-likeness (QED) is 0.812. The van der Waals surface area contributed by atoms with E-state index in [2.05, 4.69) is 4.72 Å². The number of hydrogen-bond donors (Lipinski definition) is 1. The summed E-state index contributed by atoms with van der Waals surface area (Å²) in [6.07, 6.45) is 2.71. The van der Waals surface area contributed by atoms with Gasteiger partial charge in [0.1, 0.15) is 0 Å². The first kappa shape index (κ1) is 20.4. The van der Waals surface area contributed by atoms with Crippen LogP contribution in [-0.4, -0.2) is 39.8 Å². The first-order valence-electron chi connectivity index (χ1n) is 8.69. The Balaban J connectivity index is 2.27. The Morgan fingerprint density at radius 1 is 1.00 bits per heavy atom. The maximum absolute atomic E-state index is 12.9. The number of nitrogens with zero attached hydrogens (tertiary/aromatic N) is 1. The number of piperidine rings is 1. The number of rotatable bonds is 6. The minimum absolute atomic E-state index is 0.0510. The molecule has 0 aliphatic carbocycles. The van der Waals surface area contributed by atoms with Gasteiger partial charge in [0.25, 0.3) is 0 Å². The van der Waals surface area contributed by atoms with Crippen LogP contribution in [0.2, 0.25) is 0 Å². The summed E-state index contributed by atoms with van der Waals surface area (Å²) in [6.45, 7) is 8.01. The topological polar surface area (TPSA) is 83.5 Å². The first-order chi connectivity index (χ1) is 11.6. The average Bonchev–Trinajstić information content (AvgIpc) is 2.53. The van der Waals surface area contributed by atoms with E-state index in [1.165, 1.54) is 24.3 Å². The van der Waals surface area contributed by atoms with E-state index in [4.69, 9.17) is 0 Å². The van der Waals surface area contributed by atoms with Crippen LogP contribution in [-0.2, 0) is 20.0 Å². The van der Waals surface area contributed by atoms with Gasteiger partial charge in [-0.1, -0.05) is 20.3 Å². The normalized spacial score (nSPS) is 23.1. The molecule has 6 nitrogen and oxygen atoms in total. The smallest absolute Gasteiger partial charge is 0.211 e. The van der Waals surface area contributed by atoms with Gasteiger partial charge in [0, 0.05) is 18.6 Å². The fourth-order valence-electron chi connectivity index (χ4n) is 3.14. The van der Waals surface area contributed by atoms with E-state index in [9.17, 15) is 16.8 Å². The van der Waals surface area contributed by atoms with Gasteiger partial charge >= 0.3 is 0 Å². The molecule has 142 valence electrons. The van der Waals surface area contributed by atoms with Crippen molar-refractivity contribution < 1.29 is 16.8 Å². The SMILES string of the molecule is CC(C)CNS(=O)(=O)c1ccc(S(=O)(=O)N2[C@@H](C)CCC[C@@H]2C)cc1. The third-order valence-corrected chi connectivity index (χ3v) is 8.09. The van der Waals surface area contributed by atoms with Crippen LogP contribution >= 0.6 is 0 Å². The lowest BCUT2D eigenvalue weighted by Gasteiger charge is -2.37. The van der Waals surface area contributed by atoms with Crippen LogP contribution in [0.3, 0.4) is 0 Å². The minimum Gasteiger partial charge on any atom is -0.211 e. The van der Waals surface area contributed by atoms with Gasteiger partial charge in [-0.2, -0.15) is 4.31 Å². The highest BCUT2D eigenvalue weighted by Crippen LogP contribution is 2.29. The van der Waals surface area contributed by atoms with Crippen LogP contribution in [0.4, 0.5) is 0 Å². The fourth-order valence-corrected chi connectivity index (χ4v) is 6.24. The van der Waals surface area contributed by atoms with E-state index >= 15 is 0 Å². The molecule has 2 atom stereocenters. The van der Waals surface area contributed by atoms with Crippen LogP contribution in [0.25, 0.3) is 0 Å². The van der Waals surface area contributed by atoms with Crippen molar-refractivity contribution in [3.8, 4) is 0 Å². The standard InChI is InChI=1S/C17H28N2O4S2/c1-13(2)12-18-24(20,21)16-8-10-17(11-9-16)25(22,23)19-14(3)6-5-7-15(19)4/h8-11,13-15,18H,5-7,12H2,1-4H3/t14-,15-/m0/s1. The molecular formula is C17H28N2O4S2. The molecule has 1 saturated heterocycles. The molecule has 0 aromatic heterocycles. The molecule has 0 spiro atoms. The molecule has 1 aromatic rings. The summed E-state index contributed by atoms with van der Waals surface area (Å²) in [5, 5.41) is 0. The molecule has 0 radical (unpaired) electrons. The summed E-state index contributed by atoms with van der Waals surface area (Å²) in [4.78, 5) is 0.211. The van der Waals surface area contributed by atoms with Gasteiger partial charge < -0.3 is 0 Å². The third kappa shape index (κ3) is 4.61. The zero-order valence-electron chi connectivity index (χ0n) is 15.3. The molecule has 1 aromatic carbocycles. The zero-order chi connectivity index (χ0) is 18.8. The van der Waals surface area contributed by atoms with Crippen LogP contribution < -0.4 is 4.72 Å². The maximum Gasteiger partial charge on any atom is 0.243 e. The molecule has 0 amide bonds. The Morgan fingerprint density at radius 3 is 1.96 bits per heavy atom. The molecule has 1 heterocycles. The molecular weight excluding hydrogens is 360 g/mol. The van der Waals surface area contributed by atoms with Crippen molar-refractivity contribution in [2.24, 2.45) is 5.92 Å². The number of sulfonamides is 2. The predicted octanol–water partition coefficient (Wildman–Crippen LogP) is 2.57. The summed E-state index contributed by atoms with van der Waals surface area (Å²) in [5.41, 5.74) is 0. The minimum atomic E-state index is -3.63. The molecule has 1 N–H and O–H groups in total. The van der Waals surface area contributed by atoms with Gasteiger partial charge in [-0.05, 0) is 56.9 Å². The number of benzene rings is 1. The zero-order valence-corrected chi connectivity index (χ0v) is 16.9. The van der Waals surface area contributed by atoms with Crippen molar-refractivity contribution in [1.29, 1.82) is 0 Å². The largest absolute Gasteiger partial charge is 0.243 e. The van der Waals surface area contributed by atoms with E-state index in [0.717, 1.165) is 19.3 Å². The highest BCUT2D eigenvalue weighted by atomic mass is 32.2. The van der Waals surface area contributed by atoms with Crippen molar-refractivity contribution in [2.45, 2.75) is 68.8 Å². The van der Waals surface area contributed by atoms with E-state index in [1.54, 1.807) is 4.31 Å². The molecule has 1 aliphatic rings. The average molecular weight is 389 g/mol. The maximum atomic E-state index is 12.9. The predicted molar refractivity (Wildman–Crippen MR) is 98.3 cm³/mol. The summed E-state index contributed by atoms with van der Waals surface area (Å²) in [5.74, 6) is 0.191. The second-order valence-electron chi connectivity index (χ2n) is 7.18. The number of hydrogen-bond acceptors (Lipinski definition) is 4. The lowest BCUT2D eigenvalue weighted by Crippen LogP contribution is -2.47. The van der Waals surface area contributed by atoms with E-state index in [-0.39, 0.29) is 27.8 Å². The molecule has 0 bridgehead atoms. The Kier molecular flexibility index (Phi) is 6.30. The third-order valence-electron chi connectivity index (χ3n) is 4.50. The van der Waals surface area contributed by atoms with Crippen molar-refractivity contribution in [3.63, 3.8) is 0 Å². The molecule has 8 heteroatoms. The van der Waals surface area contributed by atoms with E-state index in [1.807, 2.05) is 27.7 Å². The van der Waals surface area contributed by atoms with E-state index in [0.29, 0.717) is 6.54 Å². The van der Waals surface area contributed by atoms with Gasteiger partial charge in [0.05, 0.1) is 9.79 Å². The highest BCUT2D eigenvalue weighted by molar-refractivity contribution is 7.89. The highest BCUT2D eigenvalue weighted by Gasteiger charge is 2.35. The molecule has 0 saturated carbocycles. The van der Waals surface area contributed by atoms with Crippen molar-refractivity contribution in [1.82, 2.24) is 9.03 Å². The second-order valence-corrected chi connectivity index (χ2v) is 10.8. The number of nitrogens with one attached hydrogen (secondary N) is 1. The lowest BCUT2D eigenvalue weighted by atomic mass is 10.0. The Labute approximate surface area is 151 Å². The van der Waals surface area contributed by atoms with Gasteiger partial charge in [-0.25, -0.2) is 21.6 Å². The lowest BCUT2D eigenvalue weighted by molar-refractivity contribution is 0.204. The molecule has 25 heavy (non-hydrogen) atoms. The van der Waals surface area contributed by atoms with Crippen molar-refractivity contribution in [2.75, 3.05) is 6.54 Å². The Bertz CT molecular complexity index is 776. The monoisotopic (exact) mass is 388 g/mol. The second kappa shape index (κ2) is 7.73. The van der Waals surface area contributed by atoms with Crippen molar-refractivity contribution in [3.05, 3.63) is 24.3 Å². The molecule has 1 aliphatic heterocycles. The summed E-state index contributed by atoms with van der Waals surface area (Å²) >= 11 is 0. The first-order valence-corrected chi connectivity index (χ1v) is 11.6. The van der Waals surface area contributed by atoms with Gasteiger partial charge in [-0.15, -0.1) is 0 Å². The molecule has 2 rings (SSSR count). The summed E-state index contributed by atoms with van der Waals surface area (Å²) in [7, 11) is -7.25. The molecule has 1 fully saturated rings. The van der Waals surface area contributed by atoms with Crippen molar-refractivity contribution >= 4 is 20.0 Å². The van der Waals surface area contributed by atoms with Gasteiger partial charge in [0.15, 0.2) is 0 Å². The van der Waals surface area contributed by atoms with Gasteiger partial charge in [-0.3, -0.25) is 0 Å². The Hall–Kier alpha value is -0.960. The van der Waals surface area contributed by atoms with Crippen LogP contribution in [0.15, 0.2) is 34.1 Å². The summed E-state index contributed by atoms with van der Waals surface area (Å²) < 4.78 is 54.4. The van der Waals surface area contributed by atoms with Gasteiger partial charge in [0.2, 0.25) is 20.0 Å². The van der Waals surface area contributed by atoms with Crippen LogP contribution in [0.1, 0.15) is 47.0 Å². The molecule has 0 unspecified atom stereocenters. The fraction of sp³-hybridized carbons (Fsp3) is 0.647. The van der Waals surface area contributed by atoms with Crippen LogP contribution in [0, 0.1) is 5.92 Å². The Morgan fingerprint density at radius 2 is 1.48 bits per heavy atom.